The SMILES string of the molecule is C[C@H]1CC[C@H](CO)N(c2ncc(Cl)c(Nc3ccc4c(c3)c3c(c(=O)n4C)OCC(F)(F)[C@H](C4CC4)N3)n2)C1. The number of aliphatic hydroxyl groups excluding tert-OH is 1. The van der Waals surface area contributed by atoms with Crippen molar-refractivity contribution in [2.75, 3.05) is 35.3 Å². The molecule has 1 saturated heterocycles. The van der Waals surface area contributed by atoms with E-state index in [0.29, 0.717) is 52.1 Å². The zero-order valence-electron chi connectivity index (χ0n) is 21.8. The highest BCUT2D eigenvalue weighted by Gasteiger charge is 2.51. The molecular formula is C27H31ClF2N6O3. The predicted octanol–water partition coefficient (Wildman–Crippen LogP) is 4.54. The third kappa shape index (κ3) is 4.75. The summed E-state index contributed by atoms with van der Waals surface area (Å²) in [5.74, 6) is -2.12. The Kier molecular flexibility index (Phi) is 6.53. The Hall–Kier alpha value is -3.18. The molecule has 0 unspecified atom stereocenters. The Balaban J connectivity index is 1.39. The summed E-state index contributed by atoms with van der Waals surface area (Å²) < 4.78 is 36.7. The van der Waals surface area contributed by atoms with Crippen LogP contribution in [0.5, 0.6) is 5.75 Å². The number of anilines is 4. The van der Waals surface area contributed by atoms with Gasteiger partial charge < -0.3 is 29.9 Å². The summed E-state index contributed by atoms with van der Waals surface area (Å²) in [6, 6.07) is 4.11. The number of ether oxygens (including phenoxy) is 1. The summed E-state index contributed by atoms with van der Waals surface area (Å²) in [7, 11) is 1.59. The van der Waals surface area contributed by atoms with E-state index in [2.05, 4.69) is 27.5 Å². The van der Waals surface area contributed by atoms with Gasteiger partial charge in [0, 0.05) is 24.7 Å². The number of aromatic nitrogens is 3. The average Bonchev–Trinajstić information content (AvgIpc) is 3.76. The minimum atomic E-state index is -3.11. The van der Waals surface area contributed by atoms with Gasteiger partial charge in [0.05, 0.1) is 36.1 Å². The number of piperidine rings is 1. The van der Waals surface area contributed by atoms with Gasteiger partial charge in [0.15, 0.2) is 12.4 Å². The van der Waals surface area contributed by atoms with Gasteiger partial charge in [-0.05, 0) is 55.7 Å². The lowest BCUT2D eigenvalue weighted by molar-refractivity contribution is -0.0579. The van der Waals surface area contributed by atoms with Gasteiger partial charge in [-0.2, -0.15) is 4.98 Å². The van der Waals surface area contributed by atoms with E-state index in [4.69, 9.17) is 16.3 Å². The number of aliphatic hydroxyl groups is 1. The summed E-state index contributed by atoms with van der Waals surface area (Å²) in [6.45, 7) is 2.03. The summed E-state index contributed by atoms with van der Waals surface area (Å²) in [6.07, 6.45) is 4.81. The summed E-state index contributed by atoms with van der Waals surface area (Å²) in [5, 5.41) is 17.0. The largest absolute Gasteiger partial charge is 0.480 e. The average molecular weight is 561 g/mol. The van der Waals surface area contributed by atoms with Gasteiger partial charge in [0.2, 0.25) is 11.7 Å². The second-order valence-corrected chi connectivity index (χ2v) is 11.4. The van der Waals surface area contributed by atoms with Gasteiger partial charge in [0.25, 0.3) is 5.56 Å². The first kappa shape index (κ1) is 26.1. The number of fused-ring (bicyclic) bond motifs is 3. The maximum absolute atomic E-state index is 14.9. The molecule has 4 heterocycles. The number of hydrogen-bond donors (Lipinski definition) is 3. The highest BCUT2D eigenvalue weighted by atomic mass is 35.5. The van der Waals surface area contributed by atoms with Crippen molar-refractivity contribution in [3.8, 4) is 5.75 Å². The van der Waals surface area contributed by atoms with Crippen LogP contribution in [0.15, 0.2) is 29.2 Å². The van der Waals surface area contributed by atoms with E-state index >= 15 is 0 Å². The van der Waals surface area contributed by atoms with Crippen LogP contribution in [0.1, 0.15) is 32.6 Å². The minimum Gasteiger partial charge on any atom is -0.480 e. The molecule has 2 fully saturated rings. The topological polar surface area (TPSA) is 105 Å². The summed E-state index contributed by atoms with van der Waals surface area (Å²) in [5.41, 5.74) is 0.966. The Morgan fingerprint density at radius 2 is 2.08 bits per heavy atom. The van der Waals surface area contributed by atoms with E-state index in [1.807, 2.05) is 4.90 Å². The number of halogens is 3. The number of nitrogens with zero attached hydrogens (tertiary/aromatic N) is 4. The number of aryl methyl sites for hydroxylation is 1. The van der Waals surface area contributed by atoms with Crippen molar-refractivity contribution in [1.82, 2.24) is 14.5 Å². The molecule has 9 nitrogen and oxygen atoms in total. The first-order valence-electron chi connectivity index (χ1n) is 13.3. The van der Waals surface area contributed by atoms with Crippen LogP contribution in [0.25, 0.3) is 10.9 Å². The summed E-state index contributed by atoms with van der Waals surface area (Å²) >= 11 is 6.46. The first-order valence-corrected chi connectivity index (χ1v) is 13.6. The van der Waals surface area contributed by atoms with Crippen molar-refractivity contribution >= 4 is 45.6 Å². The molecule has 1 saturated carbocycles. The fourth-order valence-electron chi connectivity index (χ4n) is 5.65. The minimum absolute atomic E-state index is 0.00589. The van der Waals surface area contributed by atoms with Crippen LogP contribution < -0.4 is 25.8 Å². The van der Waals surface area contributed by atoms with Crippen LogP contribution in [-0.4, -0.2) is 57.4 Å². The maximum atomic E-state index is 14.9. The normalized spacial score (nSPS) is 24.5. The van der Waals surface area contributed by atoms with Crippen LogP contribution in [-0.2, 0) is 7.05 Å². The fourth-order valence-corrected chi connectivity index (χ4v) is 5.79. The van der Waals surface area contributed by atoms with Gasteiger partial charge in [-0.15, -0.1) is 0 Å². The third-order valence-electron chi connectivity index (χ3n) is 8.01. The van der Waals surface area contributed by atoms with E-state index in [1.54, 1.807) is 25.2 Å². The second-order valence-electron chi connectivity index (χ2n) is 11.0. The van der Waals surface area contributed by atoms with Gasteiger partial charge >= 0.3 is 5.92 Å². The van der Waals surface area contributed by atoms with E-state index in [-0.39, 0.29) is 30.0 Å². The van der Waals surface area contributed by atoms with E-state index < -0.39 is 24.1 Å². The molecule has 12 heteroatoms. The Bertz CT molecular complexity index is 1480. The van der Waals surface area contributed by atoms with Crippen molar-refractivity contribution in [1.29, 1.82) is 0 Å². The molecule has 0 radical (unpaired) electrons. The lowest BCUT2D eigenvalue weighted by atomic mass is 9.95. The molecule has 0 bridgehead atoms. The monoisotopic (exact) mass is 560 g/mol. The Morgan fingerprint density at radius 3 is 2.82 bits per heavy atom. The van der Waals surface area contributed by atoms with Crippen molar-refractivity contribution < 1.29 is 18.6 Å². The van der Waals surface area contributed by atoms with E-state index in [0.717, 1.165) is 19.4 Å². The predicted molar refractivity (Wildman–Crippen MR) is 147 cm³/mol. The first-order chi connectivity index (χ1) is 18.7. The number of hydrogen-bond acceptors (Lipinski definition) is 8. The number of nitrogens with one attached hydrogen (secondary N) is 2. The fraction of sp³-hybridized carbons (Fsp3) is 0.519. The highest BCUT2D eigenvalue weighted by Crippen LogP contribution is 2.45. The molecule has 0 amide bonds. The van der Waals surface area contributed by atoms with Gasteiger partial charge in [0.1, 0.15) is 5.02 Å². The smallest absolute Gasteiger partial charge is 0.301 e. The second kappa shape index (κ2) is 9.78. The number of pyridine rings is 1. The molecule has 3 aromatic rings. The quantitative estimate of drug-likeness (QED) is 0.418. The molecule has 3 N–H and O–H groups in total. The van der Waals surface area contributed by atoms with Crippen molar-refractivity contribution in [3.05, 3.63) is 39.8 Å². The van der Waals surface area contributed by atoms with Crippen molar-refractivity contribution in [2.24, 2.45) is 18.9 Å². The van der Waals surface area contributed by atoms with Crippen LogP contribution in [0.4, 0.5) is 31.9 Å². The van der Waals surface area contributed by atoms with E-state index in [1.165, 1.54) is 10.8 Å². The highest BCUT2D eigenvalue weighted by molar-refractivity contribution is 6.33. The third-order valence-corrected chi connectivity index (χ3v) is 8.29. The molecule has 2 aliphatic heterocycles. The number of rotatable bonds is 5. The summed E-state index contributed by atoms with van der Waals surface area (Å²) in [4.78, 5) is 24.1. The molecule has 3 atom stereocenters. The molecule has 1 aliphatic carbocycles. The van der Waals surface area contributed by atoms with Crippen LogP contribution in [0.2, 0.25) is 5.02 Å². The van der Waals surface area contributed by atoms with Crippen LogP contribution >= 0.6 is 11.6 Å². The zero-order valence-corrected chi connectivity index (χ0v) is 22.5. The Morgan fingerprint density at radius 1 is 1.28 bits per heavy atom. The van der Waals surface area contributed by atoms with Crippen molar-refractivity contribution in [3.63, 3.8) is 0 Å². The standard InChI is InChI=1S/C27H31ClF2N6O3/c1-14-3-7-17(12-37)36(11-14)26-31-10-19(28)24(34-26)32-16-6-8-20-18(9-16)21-22(25(38)35(20)2)39-13-27(29,30)23(33-21)15-4-5-15/h6,8-10,14-15,17,23,33,37H,3-5,7,11-13H2,1-2H3,(H,31,32,34)/t14-,17+,23-/m0/s1. The van der Waals surface area contributed by atoms with Crippen LogP contribution in [0, 0.1) is 11.8 Å². The molecule has 0 spiro atoms. The molecule has 2 aromatic heterocycles. The van der Waals surface area contributed by atoms with Crippen LogP contribution in [0.3, 0.4) is 0 Å². The van der Waals surface area contributed by atoms with Gasteiger partial charge in [-0.1, -0.05) is 18.5 Å². The molecule has 6 rings (SSSR count). The molecule has 208 valence electrons. The lowest BCUT2D eigenvalue weighted by Gasteiger charge is -2.37. The number of benzene rings is 1. The van der Waals surface area contributed by atoms with Gasteiger partial charge in [-0.3, -0.25) is 4.79 Å². The molecule has 1 aromatic carbocycles. The van der Waals surface area contributed by atoms with Gasteiger partial charge in [-0.25, -0.2) is 13.8 Å². The molecule has 39 heavy (non-hydrogen) atoms. The Labute approximate surface area is 229 Å². The molecular weight excluding hydrogens is 530 g/mol. The van der Waals surface area contributed by atoms with E-state index in [9.17, 15) is 18.7 Å². The zero-order chi connectivity index (χ0) is 27.5. The molecule has 3 aliphatic rings. The van der Waals surface area contributed by atoms with Crippen molar-refractivity contribution in [2.45, 2.75) is 50.6 Å². The number of alkyl halides is 2. The maximum Gasteiger partial charge on any atom is 0.301 e. The lowest BCUT2D eigenvalue weighted by Crippen LogP contribution is -2.45.